The summed E-state index contributed by atoms with van der Waals surface area (Å²) in [5.41, 5.74) is 2.15. The van der Waals surface area contributed by atoms with Crippen LogP contribution in [-0.2, 0) is 6.42 Å². The van der Waals surface area contributed by atoms with Crippen LogP contribution >= 0.6 is 0 Å². The van der Waals surface area contributed by atoms with E-state index in [0.717, 1.165) is 12.8 Å². The van der Waals surface area contributed by atoms with Gasteiger partial charge in [-0.3, -0.25) is 4.79 Å². The maximum atomic E-state index is 13.7. The van der Waals surface area contributed by atoms with Gasteiger partial charge in [0.15, 0.2) is 0 Å². The van der Waals surface area contributed by atoms with Crippen molar-refractivity contribution in [2.24, 2.45) is 0 Å². The van der Waals surface area contributed by atoms with E-state index in [1.165, 1.54) is 11.6 Å². The zero-order valence-corrected chi connectivity index (χ0v) is 13.3. The molecule has 1 unspecified atom stereocenters. The molecule has 0 saturated carbocycles. The molecule has 0 saturated heterocycles. The molecule has 2 aromatic carbocycles. The molecule has 0 radical (unpaired) electrons. The zero-order chi connectivity index (χ0) is 16.1. The van der Waals surface area contributed by atoms with Crippen molar-refractivity contribution in [2.75, 3.05) is 7.05 Å². The molecular formula is C19H22FNO. The van der Waals surface area contributed by atoms with Crippen molar-refractivity contribution in [1.82, 2.24) is 4.90 Å². The number of amides is 1. The number of nitrogens with zero attached hydrogens (tertiary/aromatic N) is 1. The smallest absolute Gasteiger partial charge is 0.253 e. The summed E-state index contributed by atoms with van der Waals surface area (Å²) in [7, 11) is 1.79. The number of hydrogen-bond donors (Lipinski definition) is 0. The van der Waals surface area contributed by atoms with Crippen LogP contribution in [0, 0.1) is 12.7 Å². The Hall–Kier alpha value is -2.16. The number of hydrogen-bond acceptors (Lipinski definition) is 1. The first kappa shape index (κ1) is 16.2. The Morgan fingerprint density at radius 3 is 2.45 bits per heavy atom. The van der Waals surface area contributed by atoms with Gasteiger partial charge in [-0.25, -0.2) is 4.39 Å². The monoisotopic (exact) mass is 299 g/mol. The number of benzene rings is 2. The number of likely N-dealkylation sites (N-methyl/N-ethyl adjacent to an activating group) is 1. The zero-order valence-electron chi connectivity index (χ0n) is 13.3. The van der Waals surface area contributed by atoms with Gasteiger partial charge in [0.1, 0.15) is 5.82 Å². The van der Waals surface area contributed by atoms with E-state index in [9.17, 15) is 9.18 Å². The first-order valence-corrected chi connectivity index (χ1v) is 7.60. The van der Waals surface area contributed by atoms with Crippen LogP contribution in [0.15, 0.2) is 48.5 Å². The van der Waals surface area contributed by atoms with Crippen molar-refractivity contribution in [2.45, 2.75) is 32.7 Å². The first-order chi connectivity index (χ1) is 10.5. The van der Waals surface area contributed by atoms with E-state index in [1.807, 2.05) is 18.2 Å². The van der Waals surface area contributed by atoms with Crippen LogP contribution in [0.1, 0.15) is 34.8 Å². The van der Waals surface area contributed by atoms with E-state index in [2.05, 4.69) is 19.1 Å². The lowest BCUT2D eigenvalue weighted by atomic mass is 10.0. The molecule has 0 fully saturated rings. The molecule has 1 atom stereocenters. The lowest BCUT2D eigenvalue weighted by molar-refractivity contribution is 0.0726. The molecule has 2 aromatic rings. The van der Waals surface area contributed by atoms with Gasteiger partial charge < -0.3 is 4.90 Å². The van der Waals surface area contributed by atoms with Crippen molar-refractivity contribution in [1.29, 1.82) is 0 Å². The van der Waals surface area contributed by atoms with Gasteiger partial charge in [-0.05, 0) is 43.0 Å². The standard InChI is InChI=1S/C19H22FNO/c1-4-17(12-15-8-6-5-7-9-15)21(3)19(22)16-11-10-14(2)18(20)13-16/h5-11,13,17H,4,12H2,1-3H3. The van der Waals surface area contributed by atoms with Crippen LogP contribution in [0.25, 0.3) is 0 Å². The molecule has 1 amide bonds. The van der Waals surface area contributed by atoms with E-state index in [1.54, 1.807) is 31.0 Å². The third kappa shape index (κ3) is 3.73. The van der Waals surface area contributed by atoms with Crippen molar-refractivity contribution in [3.63, 3.8) is 0 Å². The minimum atomic E-state index is -0.338. The second kappa shape index (κ2) is 7.21. The Labute approximate surface area is 131 Å². The molecular weight excluding hydrogens is 277 g/mol. The van der Waals surface area contributed by atoms with Gasteiger partial charge in [-0.1, -0.05) is 43.3 Å². The molecule has 0 N–H and O–H groups in total. The third-order valence-electron chi connectivity index (χ3n) is 4.07. The van der Waals surface area contributed by atoms with Gasteiger partial charge in [-0.15, -0.1) is 0 Å². The summed E-state index contributed by atoms with van der Waals surface area (Å²) in [6.07, 6.45) is 1.65. The summed E-state index contributed by atoms with van der Waals surface area (Å²) in [5.74, 6) is -0.475. The van der Waals surface area contributed by atoms with Gasteiger partial charge in [0.25, 0.3) is 5.91 Å². The SMILES string of the molecule is CCC(Cc1ccccc1)N(C)C(=O)c1ccc(C)c(F)c1. The molecule has 0 aromatic heterocycles. The van der Waals surface area contributed by atoms with Gasteiger partial charge in [0, 0.05) is 18.7 Å². The van der Waals surface area contributed by atoms with E-state index in [0.29, 0.717) is 11.1 Å². The van der Waals surface area contributed by atoms with Gasteiger partial charge in [0.2, 0.25) is 0 Å². The van der Waals surface area contributed by atoms with Crippen LogP contribution in [0.5, 0.6) is 0 Å². The highest BCUT2D eigenvalue weighted by atomic mass is 19.1. The topological polar surface area (TPSA) is 20.3 Å². The second-order valence-electron chi connectivity index (χ2n) is 5.63. The lowest BCUT2D eigenvalue weighted by Crippen LogP contribution is -2.38. The van der Waals surface area contributed by atoms with E-state index < -0.39 is 0 Å². The molecule has 22 heavy (non-hydrogen) atoms. The minimum Gasteiger partial charge on any atom is -0.338 e. The van der Waals surface area contributed by atoms with Crippen molar-refractivity contribution >= 4 is 5.91 Å². The lowest BCUT2D eigenvalue weighted by Gasteiger charge is -2.27. The summed E-state index contributed by atoms with van der Waals surface area (Å²) in [6, 6.07) is 14.9. The fraction of sp³-hybridized carbons (Fsp3) is 0.316. The molecule has 0 aliphatic heterocycles. The number of aryl methyl sites for hydroxylation is 1. The van der Waals surface area contributed by atoms with E-state index in [4.69, 9.17) is 0 Å². The Morgan fingerprint density at radius 1 is 1.18 bits per heavy atom. The molecule has 3 heteroatoms. The predicted molar refractivity (Wildman–Crippen MR) is 87.5 cm³/mol. The van der Waals surface area contributed by atoms with Gasteiger partial charge >= 0.3 is 0 Å². The van der Waals surface area contributed by atoms with Crippen LogP contribution in [-0.4, -0.2) is 23.9 Å². The predicted octanol–water partition coefficient (Wildman–Crippen LogP) is 4.23. The molecule has 0 aliphatic rings. The molecule has 0 aliphatic carbocycles. The highest BCUT2D eigenvalue weighted by Crippen LogP contribution is 2.16. The summed E-state index contributed by atoms with van der Waals surface area (Å²) in [5, 5.41) is 0. The minimum absolute atomic E-state index is 0.0965. The largest absolute Gasteiger partial charge is 0.338 e. The van der Waals surface area contributed by atoms with Crippen LogP contribution < -0.4 is 0 Å². The van der Waals surface area contributed by atoms with E-state index >= 15 is 0 Å². The summed E-state index contributed by atoms with van der Waals surface area (Å²) in [4.78, 5) is 14.3. The number of halogens is 1. The molecule has 0 bridgehead atoms. The van der Waals surface area contributed by atoms with Crippen LogP contribution in [0.3, 0.4) is 0 Å². The van der Waals surface area contributed by atoms with E-state index in [-0.39, 0.29) is 17.8 Å². The van der Waals surface area contributed by atoms with Gasteiger partial charge in [-0.2, -0.15) is 0 Å². The van der Waals surface area contributed by atoms with Crippen molar-refractivity contribution < 1.29 is 9.18 Å². The highest BCUT2D eigenvalue weighted by molar-refractivity contribution is 5.94. The van der Waals surface area contributed by atoms with Gasteiger partial charge in [0.05, 0.1) is 0 Å². The highest BCUT2D eigenvalue weighted by Gasteiger charge is 2.20. The van der Waals surface area contributed by atoms with Crippen molar-refractivity contribution in [3.8, 4) is 0 Å². The fourth-order valence-corrected chi connectivity index (χ4v) is 2.54. The summed E-state index contributed by atoms with van der Waals surface area (Å²) in [6.45, 7) is 3.75. The third-order valence-corrected chi connectivity index (χ3v) is 4.07. The number of carbonyl (C=O) groups excluding carboxylic acids is 1. The Kier molecular flexibility index (Phi) is 5.31. The van der Waals surface area contributed by atoms with Crippen molar-refractivity contribution in [3.05, 3.63) is 71.0 Å². The maximum absolute atomic E-state index is 13.7. The summed E-state index contributed by atoms with van der Waals surface area (Å²) >= 11 is 0. The Bertz CT molecular complexity index is 639. The molecule has 2 rings (SSSR count). The summed E-state index contributed by atoms with van der Waals surface area (Å²) < 4.78 is 13.7. The Morgan fingerprint density at radius 2 is 1.86 bits per heavy atom. The molecule has 0 heterocycles. The first-order valence-electron chi connectivity index (χ1n) is 7.60. The molecule has 2 nitrogen and oxygen atoms in total. The average Bonchev–Trinajstić information content (AvgIpc) is 2.54. The second-order valence-corrected chi connectivity index (χ2v) is 5.63. The number of rotatable bonds is 5. The fourth-order valence-electron chi connectivity index (χ4n) is 2.54. The average molecular weight is 299 g/mol. The van der Waals surface area contributed by atoms with Crippen LogP contribution in [0.2, 0.25) is 0 Å². The maximum Gasteiger partial charge on any atom is 0.253 e. The Balaban J connectivity index is 2.14. The normalized spacial score (nSPS) is 12.0. The van der Waals surface area contributed by atoms with Crippen LogP contribution in [0.4, 0.5) is 4.39 Å². The molecule has 0 spiro atoms. The quantitative estimate of drug-likeness (QED) is 0.809. The molecule has 116 valence electrons. The number of carbonyl (C=O) groups is 1.